The first-order valence-electron chi connectivity index (χ1n) is 3.01. The molecule has 0 aromatic heterocycles. The molecule has 0 spiro atoms. The zero-order valence-corrected chi connectivity index (χ0v) is 5.92. The maximum atomic E-state index is 5.65. The van der Waals surface area contributed by atoms with E-state index in [0.29, 0.717) is 5.16 Å². The molecule has 0 radical (unpaired) electrons. The van der Waals surface area contributed by atoms with Crippen LogP contribution in [0.25, 0.3) is 0 Å². The summed E-state index contributed by atoms with van der Waals surface area (Å²) in [6, 6.07) is 0.127. The lowest BCUT2D eigenvalue weighted by molar-refractivity contribution is 1.06. The third-order valence-corrected chi connectivity index (χ3v) is 1.69. The van der Waals surface area contributed by atoms with Crippen LogP contribution in [-0.4, -0.2) is 18.5 Å². The lowest BCUT2D eigenvalue weighted by Gasteiger charge is -2.07. The summed E-state index contributed by atoms with van der Waals surface area (Å²) in [6.45, 7) is 0. The van der Waals surface area contributed by atoms with Crippen molar-refractivity contribution in [3.63, 3.8) is 0 Å². The third-order valence-electron chi connectivity index (χ3n) is 1.48. The van der Waals surface area contributed by atoms with Crippen LogP contribution in [0.15, 0.2) is 32.9 Å². The van der Waals surface area contributed by atoms with Gasteiger partial charge in [0.25, 0.3) is 0 Å². The minimum atomic E-state index is 0.127. The van der Waals surface area contributed by atoms with E-state index in [9.17, 15) is 0 Å². The molecule has 0 amide bonds. The molecule has 10 heavy (non-hydrogen) atoms. The van der Waals surface area contributed by atoms with Crippen LogP contribution >= 0.6 is 11.6 Å². The molecular weight excluding hydrogens is 148 g/mol. The average Bonchev–Trinajstić information content (AvgIpc) is 2.33. The van der Waals surface area contributed by atoms with Crippen LogP contribution in [0.2, 0.25) is 0 Å². The second-order valence-corrected chi connectivity index (χ2v) is 2.54. The predicted octanol–water partition coefficient (Wildman–Crippen LogP) is 1.53. The summed E-state index contributed by atoms with van der Waals surface area (Å²) in [6.07, 6.45) is 7.30. The number of allylic oxidation sites excluding steroid dienone is 1. The van der Waals surface area contributed by atoms with Crippen LogP contribution in [0.3, 0.4) is 0 Å². The van der Waals surface area contributed by atoms with Crippen molar-refractivity contribution >= 4 is 24.0 Å². The first kappa shape index (κ1) is 5.86. The second-order valence-electron chi connectivity index (χ2n) is 2.15. The van der Waals surface area contributed by atoms with Gasteiger partial charge in [0.1, 0.15) is 11.2 Å². The molecule has 2 heterocycles. The topological polar surface area (TPSA) is 24.7 Å². The average molecular weight is 153 g/mol. The van der Waals surface area contributed by atoms with E-state index in [1.807, 2.05) is 12.2 Å². The monoisotopic (exact) mass is 152 g/mol. The van der Waals surface area contributed by atoms with E-state index >= 15 is 0 Å². The lowest BCUT2D eigenvalue weighted by Crippen LogP contribution is -2.08. The van der Waals surface area contributed by atoms with Crippen LogP contribution in [-0.2, 0) is 0 Å². The summed E-state index contributed by atoms with van der Waals surface area (Å²) in [5.74, 6) is 0. The van der Waals surface area contributed by atoms with E-state index in [2.05, 4.69) is 9.98 Å². The molecule has 0 aromatic carbocycles. The summed E-state index contributed by atoms with van der Waals surface area (Å²) >= 11 is 5.65. The largest absolute Gasteiger partial charge is 0.279 e. The summed E-state index contributed by atoms with van der Waals surface area (Å²) in [5.41, 5.74) is 1.13. The molecule has 2 nitrogen and oxygen atoms in total. The Kier molecular flexibility index (Phi) is 1.21. The number of hydrogen-bond donors (Lipinski definition) is 0. The maximum Gasteiger partial charge on any atom is 0.129 e. The lowest BCUT2D eigenvalue weighted by atomic mass is 10.1. The van der Waals surface area contributed by atoms with E-state index in [1.54, 1.807) is 12.4 Å². The van der Waals surface area contributed by atoms with Crippen molar-refractivity contribution in [3.8, 4) is 0 Å². The number of nitrogens with zero attached hydrogens (tertiary/aromatic N) is 2. The van der Waals surface area contributed by atoms with Gasteiger partial charge in [-0.2, -0.15) is 0 Å². The Morgan fingerprint density at radius 2 is 2.40 bits per heavy atom. The highest BCUT2D eigenvalue weighted by Gasteiger charge is 2.15. The molecule has 2 rings (SSSR count). The summed E-state index contributed by atoms with van der Waals surface area (Å²) in [7, 11) is 0. The van der Waals surface area contributed by atoms with E-state index in [4.69, 9.17) is 11.6 Å². The fraction of sp³-hybridized carbons (Fsp3) is 0.143. The molecule has 2 aliphatic heterocycles. The van der Waals surface area contributed by atoms with Gasteiger partial charge in [-0.05, 0) is 17.7 Å². The molecule has 0 aromatic rings. The SMILES string of the molecule is ClC1=CC2=CC=N[C@@H]2C=N1. The number of hydrogen-bond acceptors (Lipinski definition) is 2. The van der Waals surface area contributed by atoms with Gasteiger partial charge in [-0.15, -0.1) is 0 Å². The summed E-state index contributed by atoms with van der Waals surface area (Å²) in [4.78, 5) is 8.04. The zero-order valence-electron chi connectivity index (χ0n) is 5.16. The Hall–Kier alpha value is -0.890. The van der Waals surface area contributed by atoms with E-state index in [1.165, 1.54) is 0 Å². The van der Waals surface area contributed by atoms with E-state index in [-0.39, 0.29) is 6.04 Å². The first-order chi connectivity index (χ1) is 4.86. The molecule has 1 atom stereocenters. The molecule has 0 bridgehead atoms. The van der Waals surface area contributed by atoms with Crippen LogP contribution < -0.4 is 0 Å². The number of rotatable bonds is 0. The van der Waals surface area contributed by atoms with Gasteiger partial charge in [-0.3, -0.25) is 4.99 Å². The molecule has 0 saturated heterocycles. The summed E-state index contributed by atoms with van der Waals surface area (Å²) < 4.78 is 0. The van der Waals surface area contributed by atoms with Gasteiger partial charge in [0.2, 0.25) is 0 Å². The molecule has 0 saturated carbocycles. The van der Waals surface area contributed by atoms with Gasteiger partial charge in [-0.25, -0.2) is 4.99 Å². The van der Waals surface area contributed by atoms with Gasteiger partial charge in [0.15, 0.2) is 0 Å². The Balaban J connectivity index is 2.39. The normalized spacial score (nSPS) is 27.9. The Morgan fingerprint density at radius 3 is 3.30 bits per heavy atom. The minimum Gasteiger partial charge on any atom is -0.279 e. The van der Waals surface area contributed by atoms with Gasteiger partial charge < -0.3 is 0 Å². The van der Waals surface area contributed by atoms with Crippen molar-refractivity contribution in [2.24, 2.45) is 9.98 Å². The minimum absolute atomic E-state index is 0.127. The molecule has 2 aliphatic rings. The molecule has 3 heteroatoms. The van der Waals surface area contributed by atoms with Crippen molar-refractivity contribution in [3.05, 3.63) is 22.9 Å². The first-order valence-corrected chi connectivity index (χ1v) is 3.39. The fourth-order valence-corrected chi connectivity index (χ4v) is 1.16. The van der Waals surface area contributed by atoms with Crippen molar-refractivity contribution in [2.45, 2.75) is 6.04 Å². The van der Waals surface area contributed by atoms with Crippen LogP contribution in [0.1, 0.15) is 0 Å². The van der Waals surface area contributed by atoms with E-state index < -0.39 is 0 Å². The van der Waals surface area contributed by atoms with Crippen molar-refractivity contribution in [1.29, 1.82) is 0 Å². The molecular formula is C7H5ClN2. The predicted molar refractivity (Wildman–Crippen MR) is 42.8 cm³/mol. The molecule has 0 unspecified atom stereocenters. The third kappa shape index (κ3) is 0.809. The quantitative estimate of drug-likeness (QED) is 0.471. The molecule has 50 valence electrons. The Bertz CT molecular complexity index is 273. The van der Waals surface area contributed by atoms with Crippen molar-refractivity contribution in [1.82, 2.24) is 0 Å². The molecule has 0 N–H and O–H groups in total. The highest BCUT2D eigenvalue weighted by molar-refractivity contribution is 6.30. The molecule has 0 aliphatic carbocycles. The van der Waals surface area contributed by atoms with Gasteiger partial charge in [-0.1, -0.05) is 11.6 Å². The zero-order chi connectivity index (χ0) is 6.97. The highest BCUT2D eigenvalue weighted by atomic mass is 35.5. The van der Waals surface area contributed by atoms with Crippen molar-refractivity contribution in [2.75, 3.05) is 0 Å². The van der Waals surface area contributed by atoms with Crippen LogP contribution in [0.4, 0.5) is 0 Å². The Labute approximate surface area is 63.6 Å². The van der Waals surface area contributed by atoms with Gasteiger partial charge >= 0.3 is 0 Å². The fourth-order valence-electron chi connectivity index (χ4n) is 0.981. The smallest absolute Gasteiger partial charge is 0.129 e. The van der Waals surface area contributed by atoms with Crippen LogP contribution in [0.5, 0.6) is 0 Å². The Morgan fingerprint density at radius 1 is 1.50 bits per heavy atom. The highest BCUT2D eigenvalue weighted by Crippen LogP contribution is 2.20. The standard InChI is InChI=1S/C7H5ClN2/c8-7-3-5-1-2-9-6(5)4-10-7/h1-4,6H/t6-/m1/s1. The number of aliphatic imine (C=N–C) groups is 2. The van der Waals surface area contributed by atoms with Gasteiger partial charge in [0, 0.05) is 12.4 Å². The van der Waals surface area contributed by atoms with Crippen LogP contribution in [0, 0.1) is 0 Å². The maximum absolute atomic E-state index is 5.65. The number of fused-ring (bicyclic) bond motifs is 1. The van der Waals surface area contributed by atoms with Crippen molar-refractivity contribution < 1.29 is 0 Å². The number of halogens is 1. The van der Waals surface area contributed by atoms with Gasteiger partial charge in [0.05, 0.1) is 0 Å². The summed E-state index contributed by atoms with van der Waals surface area (Å²) in [5, 5.41) is 0.535. The van der Waals surface area contributed by atoms with E-state index in [0.717, 1.165) is 5.57 Å². The second kappa shape index (κ2) is 2.06. The molecule has 0 fully saturated rings.